The minimum absolute atomic E-state index is 0.113. The summed E-state index contributed by atoms with van der Waals surface area (Å²) in [5.41, 5.74) is 3.37. The molecule has 23 heavy (non-hydrogen) atoms. The monoisotopic (exact) mass is 314 g/mol. The van der Waals surface area contributed by atoms with Crippen molar-refractivity contribution in [2.45, 2.75) is 46.5 Å². The average Bonchev–Trinajstić information content (AvgIpc) is 3.20. The van der Waals surface area contributed by atoms with Crippen molar-refractivity contribution < 1.29 is 9.59 Å². The van der Waals surface area contributed by atoms with Gasteiger partial charge in [-0.25, -0.2) is 0 Å². The standard InChI is InChI=1S/C19H26N2O2/c1-4-17(22)21-7-5-19(6-8-21)12-16(19)18(23)20-15-10-13(2)9-14(3)11-15/h9-11,16H,4-8,12H2,1-3H3,(H,20,23). The summed E-state index contributed by atoms with van der Waals surface area (Å²) in [5, 5.41) is 3.08. The molecule has 4 heteroatoms. The van der Waals surface area contributed by atoms with Crippen molar-refractivity contribution in [3.8, 4) is 0 Å². The molecule has 1 aromatic carbocycles. The van der Waals surface area contributed by atoms with E-state index in [4.69, 9.17) is 0 Å². The molecule has 1 atom stereocenters. The first-order chi connectivity index (χ1) is 10.9. The molecule has 0 aromatic heterocycles. The lowest BCUT2D eigenvalue weighted by Gasteiger charge is -2.32. The van der Waals surface area contributed by atoms with Crippen molar-refractivity contribution in [2.75, 3.05) is 18.4 Å². The molecule has 2 aliphatic rings. The van der Waals surface area contributed by atoms with Gasteiger partial charge in [-0.3, -0.25) is 9.59 Å². The summed E-state index contributed by atoms with van der Waals surface area (Å²) in [6.45, 7) is 7.60. The van der Waals surface area contributed by atoms with Gasteiger partial charge in [-0.05, 0) is 61.8 Å². The quantitative estimate of drug-likeness (QED) is 0.931. The molecular weight excluding hydrogens is 288 g/mol. The first-order valence-corrected chi connectivity index (χ1v) is 8.60. The van der Waals surface area contributed by atoms with E-state index in [2.05, 4.69) is 11.4 Å². The van der Waals surface area contributed by atoms with Gasteiger partial charge in [0.2, 0.25) is 11.8 Å². The third-order valence-corrected chi connectivity index (χ3v) is 5.41. The number of nitrogens with one attached hydrogen (secondary N) is 1. The lowest BCUT2D eigenvalue weighted by atomic mass is 9.90. The summed E-state index contributed by atoms with van der Waals surface area (Å²) >= 11 is 0. The number of carbonyl (C=O) groups excluding carboxylic acids is 2. The van der Waals surface area contributed by atoms with E-state index in [0.717, 1.165) is 49.2 Å². The van der Waals surface area contributed by atoms with Crippen molar-refractivity contribution in [3.63, 3.8) is 0 Å². The largest absolute Gasteiger partial charge is 0.343 e. The topological polar surface area (TPSA) is 49.4 Å². The van der Waals surface area contributed by atoms with Crippen LogP contribution < -0.4 is 5.32 Å². The summed E-state index contributed by atoms with van der Waals surface area (Å²) < 4.78 is 0. The molecule has 0 bridgehead atoms. The lowest BCUT2D eigenvalue weighted by Crippen LogP contribution is -2.39. The second-order valence-electron chi connectivity index (χ2n) is 7.22. The summed E-state index contributed by atoms with van der Waals surface area (Å²) in [7, 11) is 0. The molecule has 1 saturated heterocycles. The fourth-order valence-corrected chi connectivity index (χ4v) is 3.97. The van der Waals surface area contributed by atoms with Gasteiger partial charge in [-0.2, -0.15) is 0 Å². The van der Waals surface area contributed by atoms with E-state index in [1.165, 1.54) is 0 Å². The molecule has 2 amide bonds. The van der Waals surface area contributed by atoms with Crippen molar-refractivity contribution in [1.29, 1.82) is 0 Å². The first-order valence-electron chi connectivity index (χ1n) is 8.60. The molecule has 3 rings (SSSR count). The van der Waals surface area contributed by atoms with Gasteiger partial charge in [-0.15, -0.1) is 0 Å². The van der Waals surface area contributed by atoms with Gasteiger partial charge in [-0.1, -0.05) is 13.0 Å². The van der Waals surface area contributed by atoms with E-state index in [0.29, 0.717) is 6.42 Å². The van der Waals surface area contributed by atoms with E-state index in [1.807, 2.05) is 37.8 Å². The van der Waals surface area contributed by atoms with Gasteiger partial charge in [0, 0.05) is 31.1 Å². The Morgan fingerprint density at radius 1 is 1.17 bits per heavy atom. The van der Waals surface area contributed by atoms with Gasteiger partial charge in [0.05, 0.1) is 0 Å². The zero-order valence-electron chi connectivity index (χ0n) is 14.3. The Balaban J connectivity index is 1.58. The second kappa shape index (κ2) is 5.99. The van der Waals surface area contributed by atoms with Crippen LogP contribution in [0.3, 0.4) is 0 Å². The Morgan fingerprint density at radius 3 is 2.35 bits per heavy atom. The summed E-state index contributed by atoms with van der Waals surface area (Å²) in [4.78, 5) is 26.3. The van der Waals surface area contributed by atoms with Gasteiger partial charge in [0.1, 0.15) is 0 Å². The number of rotatable bonds is 3. The highest BCUT2D eigenvalue weighted by molar-refractivity contribution is 5.95. The second-order valence-corrected chi connectivity index (χ2v) is 7.22. The number of benzene rings is 1. The van der Waals surface area contributed by atoms with Gasteiger partial charge >= 0.3 is 0 Å². The molecule has 1 aliphatic heterocycles. The predicted octanol–water partition coefficient (Wildman–Crippen LogP) is 3.28. The number of nitrogens with zero attached hydrogens (tertiary/aromatic N) is 1. The molecule has 4 nitrogen and oxygen atoms in total. The van der Waals surface area contributed by atoms with Crippen LogP contribution in [0.15, 0.2) is 18.2 Å². The summed E-state index contributed by atoms with van der Waals surface area (Å²) in [5.74, 6) is 0.490. The maximum Gasteiger partial charge on any atom is 0.228 e. The van der Waals surface area contributed by atoms with Crippen LogP contribution in [-0.2, 0) is 9.59 Å². The number of anilines is 1. The molecule has 1 saturated carbocycles. The fraction of sp³-hybridized carbons (Fsp3) is 0.579. The van der Waals surface area contributed by atoms with Crippen LogP contribution in [0.5, 0.6) is 0 Å². The number of carbonyl (C=O) groups is 2. The SMILES string of the molecule is CCC(=O)N1CCC2(CC1)CC2C(=O)Nc1cc(C)cc(C)c1. The van der Waals surface area contributed by atoms with Crippen molar-refractivity contribution >= 4 is 17.5 Å². The number of hydrogen-bond acceptors (Lipinski definition) is 2. The maximum atomic E-state index is 12.6. The Hall–Kier alpha value is -1.84. The van der Waals surface area contributed by atoms with Gasteiger partial charge in [0.25, 0.3) is 0 Å². The van der Waals surface area contributed by atoms with Gasteiger partial charge < -0.3 is 10.2 Å². The van der Waals surface area contributed by atoms with E-state index in [1.54, 1.807) is 0 Å². The van der Waals surface area contributed by atoms with Crippen LogP contribution in [0, 0.1) is 25.2 Å². The highest BCUT2D eigenvalue weighted by Gasteiger charge is 2.58. The van der Waals surface area contributed by atoms with Crippen LogP contribution >= 0.6 is 0 Å². The predicted molar refractivity (Wildman–Crippen MR) is 91.2 cm³/mol. The molecule has 124 valence electrons. The normalized spacial score (nSPS) is 22.0. The summed E-state index contributed by atoms with van der Waals surface area (Å²) in [6.07, 6.45) is 3.47. The Bertz CT molecular complexity index is 610. The van der Waals surface area contributed by atoms with Crippen molar-refractivity contribution in [1.82, 2.24) is 4.90 Å². The zero-order valence-corrected chi connectivity index (χ0v) is 14.3. The van der Waals surface area contributed by atoms with E-state index < -0.39 is 0 Å². The number of piperidine rings is 1. The molecule has 1 aliphatic carbocycles. The van der Waals surface area contributed by atoms with Crippen molar-refractivity contribution in [2.24, 2.45) is 11.3 Å². The minimum atomic E-state index is 0.113. The highest BCUT2D eigenvalue weighted by atomic mass is 16.2. The Labute approximate surface area is 138 Å². The Kier molecular flexibility index (Phi) is 4.17. The fourth-order valence-electron chi connectivity index (χ4n) is 3.97. The number of likely N-dealkylation sites (tertiary alicyclic amines) is 1. The van der Waals surface area contributed by atoms with Gasteiger partial charge in [0.15, 0.2) is 0 Å². The molecule has 1 heterocycles. The molecule has 0 radical (unpaired) electrons. The van der Waals surface area contributed by atoms with E-state index >= 15 is 0 Å². The molecule has 1 spiro atoms. The van der Waals surface area contributed by atoms with Crippen LogP contribution in [0.4, 0.5) is 5.69 Å². The Morgan fingerprint density at radius 2 is 1.78 bits per heavy atom. The minimum Gasteiger partial charge on any atom is -0.343 e. The smallest absolute Gasteiger partial charge is 0.228 e. The molecular formula is C19H26N2O2. The highest BCUT2D eigenvalue weighted by Crippen LogP contribution is 2.59. The third kappa shape index (κ3) is 3.26. The molecule has 1 unspecified atom stereocenters. The number of amides is 2. The van der Waals surface area contributed by atoms with Crippen LogP contribution in [0.2, 0.25) is 0 Å². The first kappa shape index (κ1) is 16.0. The molecule has 1 N–H and O–H groups in total. The molecule has 2 fully saturated rings. The third-order valence-electron chi connectivity index (χ3n) is 5.41. The van der Waals surface area contributed by atoms with Crippen LogP contribution in [-0.4, -0.2) is 29.8 Å². The molecule has 1 aromatic rings. The van der Waals surface area contributed by atoms with Crippen LogP contribution in [0.25, 0.3) is 0 Å². The maximum absolute atomic E-state index is 12.6. The lowest BCUT2D eigenvalue weighted by molar-refractivity contribution is -0.132. The number of hydrogen-bond donors (Lipinski definition) is 1. The summed E-state index contributed by atoms with van der Waals surface area (Å²) in [6, 6.07) is 6.14. The zero-order chi connectivity index (χ0) is 16.6. The average molecular weight is 314 g/mol. The number of aryl methyl sites for hydroxylation is 2. The van der Waals surface area contributed by atoms with E-state index in [-0.39, 0.29) is 23.1 Å². The van der Waals surface area contributed by atoms with Crippen molar-refractivity contribution in [3.05, 3.63) is 29.3 Å². The van der Waals surface area contributed by atoms with Crippen LogP contribution in [0.1, 0.15) is 43.7 Å². The van der Waals surface area contributed by atoms with E-state index in [9.17, 15) is 9.59 Å².